The predicted molar refractivity (Wildman–Crippen MR) is 78.8 cm³/mol. The predicted octanol–water partition coefficient (Wildman–Crippen LogP) is 3.24. The van der Waals surface area contributed by atoms with Gasteiger partial charge in [-0.3, -0.25) is 4.99 Å². The molecule has 1 aliphatic rings. The van der Waals surface area contributed by atoms with E-state index in [2.05, 4.69) is 32.3 Å². The summed E-state index contributed by atoms with van der Waals surface area (Å²) in [5.74, 6) is 2.37. The quantitative estimate of drug-likeness (QED) is 0.821. The first kappa shape index (κ1) is 14.2. The van der Waals surface area contributed by atoms with Gasteiger partial charge in [-0.1, -0.05) is 25.6 Å². The van der Waals surface area contributed by atoms with Crippen molar-refractivity contribution >= 4 is 28.7 Å². The van der Waals surface area contributed by atoms with Crippen molar-refractivity contribution in [1.29, 1.82) is 0 Å². The van der Waals surface area contributed by atoms with Crippen molar-refractivity contribution in [1.82, 2.24) is 5.32 Å². The maximum Gasteiger partial charge on any atom is 0.156 e. The Morgan fingerprint density at radius 2 is 2.19 bits per heavy atom. The molecule has 0 amide bonds. The molecular weight excluding hydrogens is 236 g/mol. The Hall–Kier alpha value is 0.170. The van der Waals surface area contributed by atoms with Crippen LogP contribution in [0.15, 0.2) is 4.99 Å². The lowest BCUT2D eigenvalue weighted by atomic mass is 9.84. The van der Waals surface area contributed by atoms with E-state index in [1.165, 1.54) is 18.6 Å². The lowest BCUT2D eigenvalue weighted by molar-refractivity contribution is 0.318. The molecule has 0 spiro atoms. The van der Waals surface area contributed by atoms with Gasteiger partial charge in [-0.15, -0.1) is 0 Å². The molecular formula is C12H24N2S2. The summed E-state index contributed by atoms with van der Waals surface area (Å²) >= 11 is 3.78. The fourth-order valence-electron chi connectivity index (χ4n) is 1.82. The van der Waals surface area contributed by atoms with E-state index in [4.69, 9.17) is 4.99 Å². The van der Waals surface area contributed by atoms with Crippen molar-refractivity contribution in [3.05, 3.63) is 0 Å². The van der Waals surface area contributed by atoms with E-state index in [-0.39, 0.29) is 0 Å². The van der Waals surface area contributed by atoms with Gasteiger partial charge in [0.25, 0.3) is 0 Å². The molecule has 1 aliphatic heterocycles. The minimum absolute atomic E-state index is 0.457. The van der Waals surface area contributed by atoms with E-state index in [9.17, 15) is 0 Å². The molecule has 4 heteroatoms. The van der Waals surface area contributed by atoms with Crippen molar-refractivity contribution in [2.45, 2.75) is 39.7 Å². The Bertz CT molecular complexity index is 237. The number of hydrogen-bond acceptors (Lipinski definition) is 4. The summed E-state index contributed by atoms with van der Waals surface area (Å²) < 4.78 is 0. The number of aliphatic imine (C=N–C) groups is 1. The molecule has 0 saturated heterocycles. The normalized spacial score (nSPS) is 21.4. The lowest BCUT2D eigenvalue weighted by Gasteiger charge is -2.34. The summed E-state index contributed by atoms with van der Waals surface area (Å²) in [7, 11) is 0. The third kappa shape index (κ3) is 3.88. The molecule has 94 valence electrons. The maximum atomic E-state index is 4.71. The van der Waals surface area contributed by atoms with Crippen LogP contribution in [0, 0.1) is 5.41 Å². The number of rotatable bonds is 5. The largest absolute Gasteiger partial charge is 0.362 e. The van der Waals surface area contributed by atoms with Gasteiger partial charge in [-0.2, -0.15) is 11.8 Å². The van der Waals surface area contributed by atoms with E-state index in [0.717, 1.165) is 17.5 Å². The first-order chi connectivity index (χ1) is 7.65. The van der Waals surface area contributed by atoms with Crippen LogP contribution in [0.3, 0.4) is 0 Å². The third-order valence-corrected chi connectivity index (χ3v) is 5.47. The van der Waals surface area contributed by atoms with Crippen LogP contribution in [0.1, 0.15) is 33.6 Å². The molecule has 0 aromatic heterocycles. The van der Waals surface area contributed by atoms with E-state index in [1.54, 1.807) is 0 Å². The fourth-order valence-corrected chi connectivity index (χ4v) is 3.79. The lowest BCUT2D eigenvalue weighted by Crippen LogP contribution is -2.38. The minimum Gasteiger partial charge on any atom is -0.362 e. The minimum atomic E-state index is 0.457. The fraction of sp³-hybridized carbons (Fsp3) is 0.917. The van der Waals surface area contributed by atoms with E-state index in [1.807, 2.05) is 23.5 Å². The SMILES string of the molecule is CCC1(CC)CN=C(NC(C)CSC)SC1. The second-order valence-corrected chi connectivity index (χ2v) is 6.49. The van der Waals surface area contributed by atoms with Gasteiger partial charge in [0.05, 0.1) is 0 Å². The van der Waals surface area contributed by atoms with Crippen LogP contribution in [-0.4, -0.2) is 35.5 Å². The zero-order valence-electron chi connectivity index (χ0n) is 10.9. The number of amidine groups is 1. The van der Waals surface area contributed by atoms with Crippen molar-refractivity contribution < 1.29 is 0 Å². The molecule has 1 atom stereocenters. The molecule has 0 bridgehead atoms. The number of thioether (sulfide) groups is 2. The average Bonchev–Trinajstić information content (AvgIpc) is 2.31. The first-order valence-corrected chi connectivity index (χ1v) is 8.46. The second kappa shape index (κ2) is 6.80. The molecule has 1 unspecified atom stereocenters. The molecule has 16 heavy (non-hydrogen) atoms. The van der Waals surface area contributed by atoms with Crippen LogP contribution in [-0.2, 0) is 0 Å². The Morgan fingerprint density at radius 3 is 2.62 bits per heavy atom. The van der Waals surface area contributed by atoms with Gasteiger partial charge in [0.15, 0.2) is 5.17 Å². The van der Waals surface area contributed by atoms with Gasteiger partial charge in [0.1, 0.15) is 0 Å². The monoisotopic (exact) mass is 260 g/mol. The number of nitrogens with zero attached hydrogens (tertiary/aromatic N) is 1. The summed E-state index contributed by atoms with van der Waals surface area (Å²) in [6, 6.07) is 0.525. The van der Waals surface area contributed by atoms with Gasteiger partial charge >= 0.3 is 0 Å². The highest BCUT2D eigenvalue weighted by Crippen LogP contribution is 2.34. The van der Waals surface area contributed by atoms with Crippen molar-refractivity contribution in [2.24, 2.45) is 10.4 Å². The highest BCUT2D eigenvalue weighted by Gasteiger charge is 2.30. The van der Waals surface area contributed by atoms with Gasteiger partial charge in [0.2, 0.25) is 0 Å². The van der Waals surface area contributed by atoms with Crippen LogP contribution in [0.25, 0.3) is 0 Å². The number of hydrogen-bond donors (Lipinski definition) is 1. The average molecular weight is 260 g/mol. The molecule has 0 aromatic rings. The summed E-state index contributed by atoms with van der Waals surface area (Å²) in [4.78, 5) is 4.71. The second-order valence-electron chi connectivity index (χ2n) is 4.62. The van der Waals surface area contributed by atoms with Crippen molar-refractivity contribution in [3.8, 4) is 0 Å². The van der Waals surface area contributed by atoms with E-state index < -0.39 is 0 Å². The van der Waals surface area contributed by atoms with Gasteiger partial charge < -0.3 is 5.32 Å². The Morgan fingerprint density at radius 1 is 1.50 bits per heavy atom. The summed E-state index contributed by atoms with van der Waals surface area (Å²) in [5, 5.41) is 4.65. The molecule has 0 saturated carbocycles. The molecule has 0 aromatic carbocycles. The van der Waals surface area contributed by atoms with Gasteiger partial charge in [-0.05, 0) is 31.4 Å². The van der Waals surface area contributed by atoms with Crippen LogP contribution >= 0.6 is 23.5 Å². The molecule has 0 fully saturated rings. The molecule has 2 nitrogen and oxygen atoms in total. The maximum absolute atomic E-state index is 4.71. The summed E-state index contributed by atoms with van der Waals surface area (Å²) in [6.45, 7) is 7.80. The summed E-state index contributed by atoms with van der Waals surface area (Å²) in [5.41, 5.74) is 0.457. The zero-order valence-corrected chi connectivity index (χ0v) is 12.5. The van der Waals surface area contributed by atoms with Crippen LogP contribution in [0.2, 0.25) is 0 Å². The molecule has 1 rings (SSSR count). The Kier molecular flexibility index (Phi) is 6.05. The van der Waals surface area contributed by atoms with Gasteiger partial charge in [-0.25, -0.2) is 0 Å². The smallest absolute Gasteiger partial charge is 0.156 e. The zero-order chi connectivity index (χ0) is 12.0. The molecule has 0 radical (unpaired) electrons. The summed E-state index contributed by atoms with van der Waals surface area (Å²) in [6.07, 6.45) is 4.63. The number of nitrogens with one attached hydrogen (secondary N) is 1. The Balaban J connectivity index is 2.46. The topological polar surface area (TPSA) is 24.4 Å². The standard InChI is InChI=1S/C12H24N2S2/c1-5-12(6-2)8-13-11(16-9-12)14-10(3)7-15-4/h10H,5-9H2,1-4H3,(H,13,14). The van der Waals surface area contributed by atoms with E-state index in [0.29, 0.717) is 11.5 Å². The van der Waals surface area contributed by atoms with Gasteiger partial charge in [0, 0.05) is 24.1 Å². The van der Waals surface area contributed by atoms with Crippen molar-refractivity contribution in [2.75, 3.05) is 24.3 Å². The first-order valence-electron chi connectivity index (χ1n) is 6.08. The van der Waals surface area contributed by atoms with E-state index >= 15 is 0 Å². The van der Waals surface area contributed by atoms with Crippen LogP contribution < -0.4 is 5.32 Å². The molecule has 1 N–H and O–H groups in total. The molecule has 1 heterocycles. The highest BCUT2D eigenvalue weighted by atomic mass is 32.2. The Labute approximate surface area is 108 Å². The highest BCUT2D eigenvalue weighted by molar-refractivity contribution is 8.13. The van der Waals surface area contributed by atoms with Crippen LogP contribution in [0.4, 0.5) is 0 Å². The van der Waals surface area contributed by atoms with Crippen molar-refractivity contribution in [3.63, 3.8) is 0 Å². The van der Waals surface area contributed by atoms with Crippen LogP contribution in [0.5, 0.6) is 0 Å². The molecule has 0 aliphatic carbocycles. The third-order valence-electron chi connectivity index (χ3n) is 3.36.